The van der Waals surface area contributed by atoms with E-state index >= 15 is 0 Å². The highest BCUT2D eigenvalue weighted by molar-refractivity contribution is 7.89. The molecule has 0 fully saturated rings. The van der Waals surface area contributed by atoms with Gasteiger partial charge in [0.2, 0.25) is 10.0 Å². The van der Waals surface area contributed by atoms with E-state index in [1.165, 1.54) is 17.7 Å². The number of carbonyl (C=O) groups excluding carboxylic acids is 1. The van der Waals surface area contributed by atoms with Crippen LogP contribution in [0.5, 0.6) is 5.75 Å². The molecule has 0 aliphatic rings. The summed E-state index contributed by atoms with van der Waals surface area (Å²) in [4.78, 5) is 43.1. The number of halogens is 1. The molecule has 0 atom stereocenters. The maximum atomic E-state index is 13.6. The Labute approximate surface area is 221 Å². The number of para-hydroxylation sites is 1. The average molecular weight is 553 g/mol. The van der Waals surface area contributed by atoms with Gasteiger partial charge in [-0.3, -0.25) is 9.59 Å². The minimum Gasteiger partial charge on any atom is -0.497 e. The summed E-state index contributed by atoms with van der Waals surface area (Å²) in [6, 6.07) is 18.3. The fourth-order valence-electron chi connectivity index (χ4n) is 4.47. The Morgan fingerprint density at radius 3 is 2.53 bits per heavy atom. The smallest absolute Gasteiger partial charge is 0.333 e. The molecular formula is C26H21ClN4O6S. The zero-order valence-corrected chi connectivity index (χ0v) is 21.8. The third-order valence-corrected chi connectivity index (χ3v) is 6.79. The number of hydrogen-bond donors (Lipinski definition) is 2. The summed E-state index contributed by atoms with van der Waals surface area (Å²) in [7, 11) is -2.48. The highest BCUT2D eigenvalue weighted by Crippen LogP contribution is 2.32. The summed E-state index contributed by atoms with van der Waals surface area (Å²) in [5.41, 5.74) is -0.303. The molecule has 0 aliphatic heterocycles. The highest BCUT2D eigenvalue weighted by Gasteiger charge is 2.28. The van der Waals surface area contributed by atoms with Crippen molar-refractivity contribution >= 4 is 49.3 Å². The predicted octanol–water partition coefficient (Wildman–Crippen LogP) is 3.03. The Kier molecular flexibility index (Phi) is 6.33. The van der Waals surface area contributed by atoms with Gasteiger partial charge in [-0.1, -0.05) is 35.9 Å². The van der Waals surface area contributed by atoms with Gasteiger partial charge >= 0.3 is 5.69 Å². The largest absolute Gasteiger partial charge is 0.497 e. The first-order valence-corrected chi connectivity index (χ1v) is 13.6. The van der Waals surface area contributed by atoms with Crippen molar-refractivity contribution in [1.82, 2.24) is 18.8 Å². The molecule has 1 amide bonds. The van der Waals surface area contributed by atoms with Crippen LogP contribution in [0.3, 0.4) is 0 Å². The molecule has 5 rings (SSSR count). The Hall–Kier alpha value is -4.35. The van der Waals surface area contributed by atoms with Crippen LogP contribution in [0.2, 0.25) is 5.02 Å². The highest BCUT2D eigenvalue weighted by atomic mass is 35.5. The monoisotopic (exact) mass is 552 g/mol. The lowest BCUT2D eigenvalue weighted by Gasteiger charge is -2.13. The van der Waals surface area contributed by atoms with Crippen LogP contribution < -0.4 is 20.7 Å². The second-order valence-corrected chi connectivity index (χ2v) is 10.8. The number of H-pyrrole nitrogens is 1. The van der Waals surface area contributed by atoms with Crippen molar-refractivity contribution in [1.29, 1.82) is 0 Å². The van der Waals surface area contributed by atoms with Gasteiger partial charge in [0.15, 0.2) is 0 Å². The predicted molar refractivity (Wildman–Crippen MR) is 145 cm³/mol. The molecule has 2 aromatic heterocycles. The van der Waals surface area contributed by atoms with Gasteiger partial charge in [-0.2, -0.15) is 0 Å². The molecule has 0 spiro atoms. The summed E-state index contributed by atoms with van der Waals surface area (Å²) in [5.74, 6) is -0.441. The number of sulfonamides is 1. The SMILES string of the molecule is COc1cccc(Cn2c(C(=O)NS(C)(=O)=O)c(-n3c(=O)[nH]c4ccccc4c3=O)c3cc(Cl)ccc32)c1. The van der Waals surface area contributed by atoms with Gasteiger partial charge in [0.1, 0.15) is 11.4 Å². The second-order valence-electron chi connectivity index (χ2n) is 8.62. The number of hydrogen-bond acceptors (Lipinski definition) is 6. The van der Waals surface area contributed by atoms with Gasteiger partial charge in [-0.15, -0.1) is 0 Å². The molecule has 0 radical (unpaired) electrons. The van der Waals surface area contributed by atoms with Crippen LogP contribution in [0.15, 0.2) is 76.3 Å². The standard InChI is InChI=1S/C26H21ClN4O6S/c1-37-17-7-5-6-15(12-17)14-30-21-11-10-16(27)13-19(21)22(23(30)24(32)29-38(2,35)36)31-25(33)18-8-3-4-9-20(18)28-26(31)34/h3-13H,14H2,1-2H3,(H,28,34)(H,29,32). The number of fused-ring (bicyclic) bond motifs is 2. The maximum Gasteiger partial charge on any atom is 0.333 e. The molecule has 0 aliphatic carbocycles. The molecule has 5 aromatic rings. The van der Waals surface area contributed by atoms with Crippen LogP contribution in [-0.4, -0.2) is 41.8 Å². The number of amides is 1. The van der Waals surface area contributed by atoms with Crippen LogP contribution in [0.25, 0.3) is 27.5 Å². The van der Waals surface area contributed by atoms with Crippen molar-refractivity contribution in [3.63, 3.8) is 0 Å². The molecule has 0 saturated heterocycles. The Bertz CT molecular complexity index is 1970. The summed E-state index contributed by atoms with van der Waals surface area (Å²) in [5, 5.41) is 0.803. The van der Waals surface area contributed by atoms with Gasteiger partial charge in [0.25, 0.3) is 11.5 Å². The Balaban J connectivity index is 1.91. The van der Waals surface area contributed by atoms with Crippen LogP contribution in [-0.2, 0) is 16.6 Å². The topological polar surface area (TPSA) is 132 Å². The van der Waals surface area contributed by atoms with E-state index in [-0.39, 0.29) is 28.3 Å². The van der Waals surface area contributed by atoms with E-state index in [4.69, 9.17) is 16.3 Å². The van der Waals surface area contributed by atoms with Crippen LogP contribution in [0, 0.1) is 0 Å². The third-order valence-electron chi connectivity index (χ3n) is 6.00. The number of aromatic amines is 1. The number of benzene rings is 3. The fourth-order valence-corrected chi connectivity index (χ4v) is 5.07. The van der Waals surface area contributed by atoms with Gasteiger partial charge in [-0.05, 0) is 48.0 Å². The van der Waals surface area contributed by atoms with Crippen molar-refractivity contribution in [2.24, 2.45) is 0 Å². The molecule has 0 bridgehead atoms. The van der Waals surface area contributed by atoms with E-state index in [1.54, 1.807) is 60.7 Å². The van der Waals surface area contributed by atoms with Gasteiger partial charge in [-0.25, -0.2) is 22.5 Å². The van der Waals surface area contributed by atoms with Crippen molar-refractivity contribution in [2.45, 2.75) is 6.54 Å². The van der Waals surface area contributed by atoms with Crippen molar-refractivity contribution in [3.05, 3.63) is 104 Å². The van der Waals surface area contributed by atoms with E-state index < -0.39 is 27.2 Å². The lowest BCUT2D eigenvalue weighted by atomic mass is 10.2. The molecular weight excluding hydrogens is 532 g/mol. The Morgan fingerprint density at radius 2 is 1.79 bits per heavy atom. The molecule has 10 nitrogen and oxygen atoms in total. The first-order valence-electron chi connectivity index (χ1n) is 11.3. The molecule has 12 heteroatoms. The number of nitrogens with zero attached hydrogens (tertiary/aromatic N) is 2. The van der Waals surface area contributed by atoms with Crippen LogP contribution in [0.4, 0.5) is 0 Å². The molecule has 194 valence electrons. The van der Waals surface area contributed by atoms with Crippen molar-refractivity contribution in [3.8, 4) is 11.4 Å². The van der Waals surface area contributed by atoms with Crippen molar-refractivity contribution in [2.75, 3.05) is 13.4 Å². The fraction of sp³-hybridized carbons (Fsp3) is 0.115. The molecule has 0 saturated carbocycles. The number of methoxy groups -OCH3 is 1. The van der Waals surface area contributed by atoms with E-state index in [0.29, 0.717) is 22.2 Å². The van der Waals surface area contributed by atoms with Crippen LogP contribution in [0.1, 0.15) is 16.1 Å². The summed E-state index contributed by atoms with van der Waals surface area (Å²) >= 11 is 6.30. The van der Waals surface area contributed by atoms with E-state index in [2.05, 4.69) is 4.98 Å². The lowest BCUT2D eigenvalue weighted by molar-refractivity contribution is 0.0973. The minimum absolute atomic E-state index is 0.0854. The molecule has 2 N–H and O–H groups in total. The first kappa shape index (κ1) is 25.3. The minimum atomic E-state index is -4.00. The molecule has 0 unspecified atom stereocenters. The van der Waals surface area contributed by atoms with Crippen LogP contribution >= 0.6 is 11.6 Å². The van der Waals surface area contributed by atoms with Gasteiger partial charge in [0.05, 0.1) is 35.5 Å². The zero-order chi connectivity index (χ0) is 27.2. The van der Waals surface area contributed by atoms with Gasteiger partial charge < -0.3 is 14.3 Å². The number of aromatic nitrogens is 3. The van der Waals surface area contributed by atoms with E-state index in [1.807, 2.05) is 4.72 Å². The Morgan fingerprint density at radius 1 is 1.03 bits per heavy atom. The second kappa shape index (κ2) is 9.51. The number of rotatable bonds is 6. The maximum absolute atomic E-state index is 13.6. The molecule has 3 aromatic carbocycles. The number of carbonyl (C=O) groups is 1. The zero-order valence-electron chi connectivity index (χ0n) is 20.2. The molecule has 2 heterocycles. The van der Waals surface area contributed by atoms with Gasteiger partial charge in [0, 0.05) is 17.0 Å². The normalized spacial score (nSPS) is 11.7. The molecule has 38 heavy (non-hydrogen) atoms. The van der Waals surface area contributed by atoms with E-state index in [9.17, 15) is 22.8 Å². The first-order chi connectivity index (χ1) is 18.1. The number of ether oxygens (including phenoxy) is 1. The quantitative estimate of drug-likeness (QED) is 0.333. The van der Waals surface area contributed by atoms with Crippen molar-refractivity contribution < 1.29 is 17.9 Å². The summed E-state index contributed by atoms with van der Waals surface area (Å²) in [6.45, 7) is 0.0854. The summed E-state index contributed by atoms with van der Waals surface area (Å²) < 4.78 is 33.8. The average Bonchev–Trinajstić information content (AvgIpc) is 3.16. The van der Waals surface area contributed by atoms with E-state index in [0.717, 1.165) is 16.4 Å². The summed E-state index contributed by atoms with van der Waals surface area (Å²) in [6.07, 6.45) is 0.839. The lowest BCUT2D eigenvalue weighted by Crippen LogP contribution is -2.37. The third kappa shape index (κ3) is 4.57. The number of nitrogens with one attached hydrogen (secondary N) is 2.